The normalized spacial score (nSPS) is 17.7. The highest BCUT2D eigenvalue weighted by atomic mass is 16.5. The van der Waals surface area contributed by atoms with Crippen LogP contribution in [-0.4, -0.2) is 64.1 Å². The molecule has 35 heavy (non-hydrogen) atoms. The van der Waals surface area contributed by atoms with E-state index >= 15 is 0 Å². The van der Waals surface area contributed by atoms with Gasteiger partial charge in [-0.15, -0.1) is 10.2 Å². The molecule has 0 radical (unpaired) electrons. The molecule has 8 nitrogen and oxygen atoms in total. The lowest BCUT2D eigenvalue weighted by molar-refractivity contribution is -0.134. The number of rotatable bonds is 7. The molecule has 0 saturated carbocycles. The zero-order chi connectivity index (χ0) is 25.4. The standard InChI is InChI=1S/C27H40N4O4/c1-6-30-15-9-10-16-31(25(32)14-13-24-28-29-26(35-24)20(4)5)21(17-19(2)3)18-34-23-12-8-7-11-22(23)27(30)33/h7-8,11-12,19-21H,6,9-10,13-18H2,1-5H3/t21-/m0/s1. The topological polar surface area (TPSA) is 88.8 Å². The number of benzene rings is 1. The van der Waals surface area contributed by atoms with E-state index in [4.69, 9.17) is 9.15 Å². The summed E-state index contributed by atoms with van der Waals surface area (Å²) in [5.41, 5.74) is 0.577. The molecule has 0 spiro atoms. The predicted octanol–water partition coefficient (Wildman–Crippen LogP) is 4.70. The third-order valence-electron chi connectivity index (χ3n) is 6.33. The van der Waals surface area contributed by atoms with E-state index in [2.05, 4.69) is 24.0 Å². The van der Waals surface area contributed by atoms with Crippen molar-refractivity contribution in [3.63, 3.8) is 0 Å². The average Bonchev–Trinajstić information content (AvgIpc) is 3.31. The maximum atomic E-state index is 13.5. The van der Waals surface area contributed by atoms with E-state index in [-0.39, 0.29) is 23.8 Å². The van der Waals surface area contributed by atoms with Crippen LogP contribution in [0.2, 0.25) is 0 Å². The molecular weight excluding hydrogens is 444 g/mol. The minimum atomic E-state index is -0.0822. The van der Waals surface area contributed by atoms with Crippen LogP contribution in [0.25, 0.3) is 0 Å². The summed E-state index contributed by atoms with van der Waals surface area (Å²) in [5.74, 6) is 2.29. The molecule has 1 aromatic carbocycles. The molecule has 0 saturated heterocycles. The minimum absolute atomic E-state index is 0.00246. The van der Waals surface area contributed by atoms with Gasteiger partial charge in [0.1, 0.15) is 12.4 Å². The molecule has 2 amide bonds. The van der Waals surface area contributed by atoms with Gasteiger partial charge in [0.25, 0.3) is 5.91 Å². The number of aryl methyl sites for hydroxylation is 1. The zero-order valence-corrected chi connectivity index (χ0v) is 21.8. The number of fused-ring (bicyclic) bond motifs is 1. The van der Waals surface area contributed by atoms with Crippen molar-refractivity contribution in [3.8, 4) is 5.75 Å². The number of carbonyl (C=O) groups excluding carboxylic acids is 2. The Labute approximate surface area is 209 Å². The molecule has 2 aromatic rings. The molecule has 0 aliphatic carbocycles. The van der Waals surface area contributed by atoms with Gasteiger partial charge in [-0.25, -0.2) is 0 Å². The van der Waals surface area contributed by atoms with Gasteiger partial charge in [-0.2, -0.15) is 0 Å². The quantitative estimate of drug-likeness (QED) is 0.566. The molecular formula is C27H40N4O4. The van der Waals surface area contributed by atoms with Crippen LogP contribution in [0, 0.1) is 5.92 Å². The second-order valence-electron chi connectivity index (χ2n) is 9.96. The Kier molecular flexibility index (Phi) is 9.69. The molecule has 0 bridgehead atoms. The van der Waals surface area contributed by atoms with E-state index in [9.17, 15) is 9.59 Å². The third kappa shape index (κ3) is 7.29. The number of hydrogen-bond donors (Lipinski definition) is 0. The summed E-state index contributed by atoms with van der Waals surface area (Å²) in [6, 6.07) is 7.32. The molecule has 2 heterocycles. The van der Waals surface area contributed by atoms with Gasteiger partial charge in [-0.05, 0) is 44.2 Å². The molecule has 0 unspecified atom stereocenters. The largest absolute Gasteiger partial charge is 0.491 e. The molecule has 0 N–H and O–H groups in total. The van der Waals surface area contributed by atoms with Gasteiger partial charge in [0.05, 0.1) is 11.6 Å². The Morgan fingerprint density at radius 2 is 1.86 bits per heavy atom. The maximum absolute atomic E-state index is 13.5. The van der Waals surface area contributed by atoms with E-state index in [0.717, 1.165) is 19.3 Å². The molecule has 192 valence electrons. The van der Waals surface area contributed by atoms with E-state index in [1.54, 1.807) is 0 Å². The number of carbonyl (C=O) groups is 2. The van der Waals surface area contributed by atoms with Crippen LogP contribution in [-0.2, 0) is 11.2 Å². The fraction of sp³-hybridized carbons (Fsp3) is 0.630. The van der Waals surface area contributed by atoms with Crippen LogP contribution in [0.1, 0.15) is 88.4 Å². The highest BCUT2D eigenvalue weighted by Gasteiger charge is 2.27. The first-order chi connectivity index (χ1) is 16.8. The van der Waals surface area contributed by atoms with Crippen molar-refractivity contribution in [1.82, 2.24) is 20.0 Å². The summed E-state index contributed by atoms with van der Waals surface area (Å²) in [5, 5.41) is 8.18. The van der Waals surface area contributed by atoms with Crippen LogP contribution in [0.5, 0.6) is 5.75 Å². The first-order valence-corrected chi connectivity index (χ1v) is 12.9. The van der Waals surface area contributed by atoms with Crippen molar-refractivity contribution in [2.45, 2.75) is 78.7 Å². The van der Waals surface area contributed by atoms with Crippen LogP contribution in [0.3, 0.4) is 0 Å². The van der Waals surface area contributed by atoms with E-state index in [0.29, 0.717) is 68.1 Å². The second-order valence-corrected chi connectivity index (χ2v) is 9.96. The SMILES string of the molecule is CCN1CCCCN(C(=O)CCc2nnc(C(C)C)o2)[C@@H](CC(C)C)COc2ccccc2C1=O. The van der Waals surface area contributed by atoms with Gasteiger partial charge in [-0.3, -0.25) is 9.59 Å². The molecule has 1 aliphatic rings. The summed E-state index contributed by atoms with van der Waals surface area (Å²) >= 11 is 0. The molecule has 1 aromatic heterocycles. The summed E-state index contributed by atoms with van der Waals surface area (Å²) in [6.45, 7) is 12.6. The summed E-state index contributed by atoms with van der Waals surface area (Å²) < 4.78 is 11.9. The number of nitrogens with zero attached hydrogens (tertiary/aromatic N) is 4. The Morgan fingerprint density at radius 1 is 1.11 bits per heavy atom. The summed E-state index contributed by atoms with van der Waals surface area (Å²) in [6.07, 6.45) is 3.21. The van der Waals surface area contributed by atoms with Gasteiger partial charge in [-0.1, -0.05) is 39.8 Å². The number of hydrogen-bond acceptors (Lipinski definition) is 6. The first kappa shape index (κ1) is 26.7. The van der Waals surface area contributed by atoms with Gasteiger partial charge in [0.15, 0.2) is 0 Å². The second kappa shape index (κ2) is 12.7. The van der Waals surface area contributed by atoms with Crippen molar-refractivity contribution < 1.29 is 18.7 Å². The number of ether oxygens (including phenoxy) is 1. The fourth-order valence-electron chi connectivity index (χ4n) is 4.41. The summed E-state index contributed by atoms with van der Waals surface area (Å²) in [7, 11) is 0. The van der Waals surface area contributed by atoms with Crippen molar-refractivity contribution in [2.24, 2.45) is 5.92 Å². The molecule has 8 heteroatoms. The van der Waals surface area contributed by atoms with Crippen LogP contribution in [0.4, 0.5) is 0 Å². The Hall–Kier alpha value is -2.90. The lowest BCUT2D eigenvalue weighted by Crippen LogP contribution is -2.45. The average molecular weight is 485 g/mol. The van der Waals surface area contributed by atoms with Gasteiger partial charge in [0.2, 0.25) is 17.7 Å². The van der Waals surface area contributed by atoms with Crippen molar-refractivity contribution in [1.29, 1.82) is 0 Å². The van der Waals surface area contributed by atoms with Gasteiger partial charge >= 0.3 is 0 Å². The van der Waals surface area contributed by atoms with Gasteiger partial charge in [0, 0.05) is 38.4 Å². The number of para-hydroxylation sites is 1. The Bertz CT molecular complexity index is 972. The summed E-state index contributed by atoms with van der Waals surface area (Å²) in [4.78, 5) is 30.4. The molecule has 0 fully saturated rings. The number of aromatic nitrogens is 2. The highest BCUT2D eigenvalue weighted by Crippen LogP contribution is 2.24. The molecule has 1 atom stereocenters. The van der Waals surface area contributed by atoms with Crippen LogP contribution >= 0.6 is 0 Å². The van der Waals surface area contributed by atoms with Crippen LogP contribution in [0.15, 0.2) is 28.7 Å². The lowest BCUT2D eigenvalue weighted by Gasteiger charge is -2.34. The Morgan fingerprint density at radius 3 is 2.54 bits per heavy atom. The third-order valence-corrected chi connectivity index (χ3v) is 6.33. The van der Waals surface area contributed by atoms with Crippen molar-refractivity contribution >= 4 is 11.8 Å². The first-order valence-electron chi connectivity index (χ1n) is 12.9. The highest BCUT2D eigenvalue weighted by molar-refractivity contribution is 5.96. The minimum Gasteiger partial charge on any atom is -0.491 e. The van der Waals surface area contributed by atoms with E-state index in [1.807, 2.05) is 54.8 Å². The smallest absolute Gasteiger partial charge is 0.257 e. The van der Waals surface area contributed by atoms with Crippen LogP contribution < -0.4 is 4.74 Å². The van der Waals surface area contributed by atoms with Gasteiger partial charge < -0.3 is 19.0 Å². The Balaban J connectivity index is 1.80. The lowest BCUT2D eigenvalue weighted by atomic mass is 10.0. The van der Waals surface area contributed by atoms with E-state index < -0.39 is 0 Å². The van der Waals surface area contributed by atoms with Crippen molar-refractivity contribution in [3.05, 3.63) is 41.6 Å². The van der Waals surface area contributed by atoms with E-state index in [1.165, 1.54) is 0 Å². The molecule has 1 aliphatic heterocycles. The zero-order valence-electron chi connectivity index (χ0n) is 21.8. The molecule has 3 rings (SSSR count). The number of amides is 2. The maximum Gasteiger partial charge on any atom is 0.257 e. The van der Waals surface area contributed by atoms with Crippen molar-refractivity contribution in [2.75, 3.05) is 26.2 Å². The fourth-order valence-corrected chi connectivity index (χ4v) is 4.41. The monoisotopic (exact) mass is 484 g/mol. The predicted molar refractivity (Wildman–Crippen MR) is 134 cm³/mol.